The van der Waals surface area contributed by atoms with Crippen LogP contribution in [0.2, 0.25) is 0 Å². The summed E-state index contributed by atoms with van der Waals surface area (Å²) in [5, 5.41) is 0. The topological polar surface area (TPSA) is 52.6 Å². The lowest BCUT2D eigenvalue weighted by Crippen LogP contribution is -2.20. The molecule has 1 aromatic rings. The van der Waals surface area contributed by atoms with Crippen molar-refractivity contribution in [1.82, 2.24) is 0 Å². The molecule has 116 valence electrons. The Morgan fingerprint density at radius 2 is 1.62 bits per heavy atom. The number of methoxy groups -OCH3 is 2. The number of aryl methyl sites for hydroxylation is 1. The Bertz CT molecular complexity index is 544. The van der Waals surface area contributed by atoms with Gasteiger partial charge in [0.05, 0.1) is 19.8 Å². The maximum Gasteiger partial charge on any atom is 0.167 e. The maximum absolute atomic E-state index is 12.6. The molecule has 0 aliphatic carbocycles. The van der Waals surface area contributed by atoms with Crippen LogP contribution in [0, 0.1) is 12.3 Å². The summed E-state index contributed by atoms with van der Waals surface area (Å²) in [6.45, 7) is 7.28. The van der Waals surface area contributed by atoms with Crippen LogP contribution in [0.1, 0.15) is 49.5 Å². The van der Waals surface area contributed by atoms with Crippen molar-refractivity contribution in [2.24, 2.45) is 5.41 Å². The monoisotopic (exact) mass is 292 g/mol. The predicted octanol–water partition coefficient (Wildman–Crippen LogP) is 3.59. The molecule has 21 heavy (non-hydrogen) atoms. The van der Waals surface area contributed by atoms with E-state index in [-0.39, 0.29) is 23.4 Å². The van der Waals surface area contributed by atoms with Crippen LogP contribution in [0.4, 0.5) is 0 Å². The fourth-order valence-corrected chi connectivity index (χ4v) is 2.53. The van der Waals surface area contributed by atoms with Gasteiger partial charge < -0.3 is 14.3 Å². The number of Topliss-reactive ketones (excluding diaryl/α,β-unsaturated/α-hetero) is 2. The van der Waals surface area contributed by atoms with Crippen molar-refractivity contribution >= 4 is 11.6 Å². The Morgan fingerprint density at radius 3 is 2.10 bits per heavy atom. The third-order valence-corrected chi connectivity index (χ3v) is 3.38. The van der Waals surface area contributed by atoms with E-state index in [1.54, 1.807) is 33.3 Å². The standard InChI is InChI=1S/C17H24O4/c1-11-7-16(21-6)13(8-15(11)20-5)14(19)10-17(3,4)9-12(2)18/h7-8H,9-10H2,1-6H3. The van der Waals surface area contributed by atoms with Gasteiger partial charge in [0, 0.05) is 12.8 Å². The number of hydrogen-bond donors (Lipinski definition) is 0. The summed E-state index contributed by atoms with van der Waals surface area (Å²) in [5.41, 5.74) is 1.04. The van der Waals surface area contributed by atoms with Crippen molar-refractivity contribution in [3.05, 3.63) is 23.3 Å². The highest BCUT2D eigenvalue weighted by molar-refractivity contribution is 5.99. The molecule has 0 spiro atoms. The Kier molecular flexibility index (Phi) is 5.53. The fourth-order valence-electron chi connectivity index (χ4n) is 2.53. The molecule has 0 aliphatic heterocycles. The molecule has 0 N–H and O–H groups in total. The second kappa shape index (κ2) is 6.74. The van der Waals surface area contributed by atoms with Gasteiger partial charge in [0.25, 0.3) is 0 Å². The zero-order valence-corrected chi connectivity index (χ0v) is 13.7. The van der Waals surface area contributed by atoms with Gasteiger partial charge in [0.15, 0.2) is 5.78 Å². The first-order chi connectivity index (χ1) is 9.70. The molecular formula is C17H24O4. The van der Waals surface area contributed by atoms with Crippen LogP contribution < -0.4 is 9.47 Å². The first-order valence-corrected chi connectivity index (χ1v) is 6.95. The van der Waals surface area contributed by atoms with Crippen LogP contribution in [0.5, 0.6) is 11.5 Å². The van der Waals surface area contributed by atoms with Crippen LogP contribution in [0.3, 0.4) is 0 Å². The molecule has 0 unspecified atom stereocenters. The molecule has 1 aromatic carbocycles. The number of benzene rings is 1. The maximum atomic E-state index is 12.6. The Labute approximate surface area is 126 Å². The average molecular weight is 292 g/mol. The average Bonchev–Trinajstić information content (AvgIpc) is 2.35. The molecule has 0 aliphatic rings. The molecule has 4 heteroatoms. The van der Waals surface area contributed by atoms with Gasteiger partial charge in [-0.15, -0.1) is 0 Å². The normalized spacial score (nSPS) is 11.1. The highest BCUT2D eigenvalue weighted by Gasteiger charge is 2.26. The predicted molar refractivity (Wildman–Crippen MR) is 82.3 cm³/mol. The molecule has 0 saturated heterocycles. The second-order valence-electron chi connectivity index (χ2n) is 6.17. The first-order valence-electron chi connectivity index (χ1n) is 6.95. The molecule has 0 fully saturated rings. The van der Waals surface area contributed by atoms with Crippen molar-refractivity contribution in [2.75, 3.05) is 14.2 Å². The number of carbonyl (C=O) groups excluding carboxylic acids is 2. The molecule has 0 heterocycles. The van der Waals surface area contributed by atoms with Gasteiger partial charge in [0.2, 0.25) is 0 Å². The molecule has 0 aromatic heterocycles. The van der Waals surface area contributed by atoms with Gasteiger partial charge in [0.1, 0.15) is 17.3 Å². The van der Waals surface area contributed by atoms with Crippen molar-refractivity contribution < 1.29 is 19.1 Å². The van der Waals surface area contributed by atoms with E-state index < -0.39 is 0 Å². The highest BCUT2D eigenvalue weighted by Crippen LogP contribution is 2.33. The van der Waals surface area contributed by atoms with Crippen LogP contribution in [0.25, 0.3) is 0 Å². The number of carbonyl (C=O) groups is 2. The SMILES string of the molecule is COc1cc(C(=O)CC(C)(C)CC(C)=O)c(OC)cc1C. The van der Waals surface area contributed by atoms with Gasteiger partial charge in [-0.3, -0.25) is 4.79 Å². The molecule has 0 atom stereocenters. The van der Waals surface area contributed by atoms with Gasteiger partial charge in [-0.25, -0.2) is 0 Å². The molecule has 0 bridgehead atoms. The third kappa shape index (κ3) is 4.59. The van der Waals surface area contributed by atoms with E-state index in [0.717, 1.165) is 5.56 Å². The van der Waals surface area contributed by atoms with E-state index in [0.29, 0.717) is 23.5 Å². The largest absolute Gasteiger partial charge is 0.496 e. The summed E-state index contributed by atoms with van der Waals surface area (Å²) in [6.07, 6.45) is 0.666. The van der Waals surface area contributed by atoms with E-state index in [1.807, 2.05) is 20.8 Å². The van der Waals surface area contributed by atoms with Crippen molar-refractivity contribution in [3.63, 3.8) is 0 Å². The molecule has 0 saturated carbocycles. The summed E-state index contributed by atoms with van der Waals surface area (Å²) in [6, 6.07) is 3.50. The van der Waals surface area contributed by atoms with E-state index in [2.05, 4.69) is 0 Å². The van der Waals surface area contributed by atoms with E-state index in [4.69, 9.17) is 9.47 Å². The van der Waals surface area contributed by atoms with Crippen molar-refractivity contribution in [3.8, 4) is 11.5 Å². The minimum atomic E-state index is -0.369. The Balaban J connectivity index is 3.09. The molecule has 4 nitrogen and oxygen atoms in total. The lowest BCUT2D eigenvalue weighted by Gasteiger charge is -2.23. The molecular weight excluding hydrogens is 268 g/mol. The quantitative estimate of drug-likeness (QED) is 0.721. The number of rotatable bonds is 7. The van der Waals surface area contributed by atoms with E-state index in [1.165, 1.54) is 0 Å². The van der Waals surface area contributed by atoms with Crippen LogP contribution >= 0.6 is 0 Å². The van der Waals surface area contributed by atoms with Crippen LogP contribution in [-0.2, 0) is 4.79 Å². The number of hydrogen-bond acceptors (Lipinski definition) is 4. The Morgan fingerprint density at radius 1 is 1.05 bits per heavy atom. The van der Waals surface area contributed by atoms with Gasteiger partial charge in [-0.05, 0) is 37.0 Å². The van der Waals surface area contributed by atoms with E-state index >= 15 is 0 Å². The van der Waals surface area contributed by atoms with Crippen molar-refractivity contribution in [1.29, 1.82) is 0 Å². The summed E-state index contributed by atoms with van der Waals surface area (Å²) in [5.74, 6) is 1.23. The lowest BCUT2D eigenvalue weighted by molar-refractivity contribution is -0.118. The van der Waals surface area contributed by atoms with Gasteiger partial charge >= 0.3 is 0 Å². The van der Waals surface area contributed by atoms with Crippen molar-refractivity contribution in [2.45, 2.75) is 40.5 Å². The highest BCUT2D eigenvalue weighted by atomic mass is 16.5. The molecule has 1 rings (SSSR count). The van der Waals surface area contributed by atoms with E-state index in [9.17, 15) is 9.59 Å². The number of ketones is 2. The minimum Gasteiger partial charge on any atom is -0.496 e. The van der Waals surface area contributed by atoms with Crippen LogP contribution in [-0.4, -0.2) is 25.8 Å². The summed E-state index contributed by atoms with van der Waals surface area (Å²) < 4.78 is 10.6. The zero-order valence-electron chi connectivity index (χ0n) is 13.7. The molecule has 0 radical (unpaired) electrons. The summed E-state index contributed by atoms with van der Waals surface area (Å²) in [7, 11) is 3.11. The Hall–Kier alpha value is -1.84. The smallest absolute Gasteiger partial charge is 0.167 e. The van der Waals surface area contributed by atoms with Gasteiger partial charge in [-0.1, -0.05) is 13.8 Å². The summed E-state index contributed by atoms with van der Waals surface area (Å²) in [4.78, 5) is 23.8. The number of ether oxygens (including phenoxy) is 2. The lowest BCUT2D eigenvalue weighted by atomic mass is 9.81. The summed E-state index contributed by atoms with van der Waals surface area (Å²) >= 11 is 0. The third-order valence-electron chi connectivity index (χ3n) is 3.38. The zero-order chi connectivity index (χ0) is 16.2. The minimum absolute atomic E-state index is 0.0450. The fraction of sp³-hybridized carbons (Fsp3) is 0.529. The first kappa shape index (κ1) is 17.2. The van der Waals surface area contributed by atoms with Gasteiger partial charge in [-0.2, -0.15) is 0 Å². The second-order valence-corrected chi connectivity index (χ2v) is 6.17. The molecule has 0 amide bonds. The van der Waals surface area contributed by atoms with Crippen LogP contribution in [0.15, 0.2) is 12.1 Å².